The van der Waals surface area contributed by atoms with Crippen LogP contribution in [-0.4, -0.2) is 54.9 Å². The first-order valence-corrected chi connectivity index (χ1v) is 4.64. The molecular formula is C9H18N2O. The SMILES string of the molecule is CC(C)N1CCN(CC=O)CC1. The number of nitrogens with zero attached hydrogens (tertiary/aromatic N) is 2. The molecule has 1 heterocycles. The third kappa shape index (κ3) is 2.57. The van der Waals surface area contributed by atoms with Crippen molar-refractivity contribution in [3.63, 3.8) is 0 Å². The Bertz CT molecular complexity index is 139. The van der Waals surface area contributed by atoms with Gasteiger partial charge in [0.1, 0.15) is 6.29 Å². The minimum Gasteiger partial charge on any atom is -0.302 e. The highest BCUT2D eigenvalue weighted by atomic mass is 16.1. The molecule has 0 atom stereocenters. The predicted octanol–water partition coefficient (Wildman–Crippen LogP) is 0.211. The van der Waals surface area contributed by atoms with Crippen LogP contribution in [0.5, 0.6) is 0 Å². The van der Waals surface area contributed by atoms with E-state index in [0.29, 0.717) is 12.6 Å². The van der Waals surface area contributed by atoms with E-state index in [2.05, 4.69) is 23.6 Å². The highest BCUT2D eigenvalue weighted by Crippen LogP contribution is 2.04. The van der Waals surface area contributed by atoms with Crippen molar-refractivity contribution in [1.82, 2.24) is 9.80 Å². The van der Waals surface area contributed by atoms with Crippen LogP contribution in [0, 0.1) is 0 Å². The molecule has 12 heavy (non-hydrogen) atoms. The van der Waals surface area contributed by atoms with E-state index in [1.54, 1.807) is 0 Å². The van der Waals surface area contributed by atoms with Crippen LogP contribution in [0.25, 0.3) is 0 Å². The Morgan fingerprint density at radius 3 is 2.25 bits per heavy atom. The normalized spacial score (nSPS) is 21.6. The minimum absolute atomic E-state index is 0.603. The predicted molar refractivity (Wildman–Crippen MR) is 49.2 cm³/mol. The second-order valence-electron chi connectivity index (χ2n) is 3.60. The molecule has 70 valence electrons. The van der Waals surface area contributed by atoms with Gasteiger partial charge < -0.3 is 4.79 Å². The standard InChI is InChI=1S/C9H18N2O/c1-9(2)11-5-3-10(4-6-11)7-8-12/h8-9H,3-7H2,1-2H3. The summed E-state index contributed by atoms with van der Waals surface area (Å²) in [7, 11) is 0. The zero-order valence-corrected chi connectivity index (χ0v) is 7.99. The quantitative estimate of drug-likeness (QED) is 0.566. The molecule has 1 saturated heterocycles. The molecule has 0 aromatic rings. The summed E-state index contributed by atoms with van der Waals surface area (Å²) in [5.74, 6) is 0. The summed E-state index contributed by atoms with van der Waals surface area (Å²) in [6.45, 7) is 9.32. The fourth-order valence-corrected chi connectivity index (χ4v) is 1.57. The molecule has 0 aromatic carbocycles. The molecule has 0 radical (unpaired) electrons. The van der Waals surface area contributed by atoms with Crippen LogP contribution in [0.4, 0.5) is 0 Å². The van der Waals surface area contributed by atoms with Crippen LogP contribution >= 0.6 is 0 Å². The van der Waals surface area contributed by atoms with Gasteiger partial charge in [-0.25, -0.2) is 0 Å². The average molecular weight is 170 g/mol. The van der Waals surface area contributed by atoms with E-state index >= 15 is 0 Å². The first-order valence-electron chi connectivity index (χ1n) is 4.64. The highest BCUT2D eigenvalue weighted by molar-refractivity contribution is 5.51. The number of carbonyl (C=O) groups is 1. The van der Waals surface area contributed by atoms with Crippen molar-refractivity contribution in [3.05, 3.63) is 0 Å². The van der Waals surface area contributed by atoms with Crippen molar-refractivity contribution in [3.8, 4) is 0 Å². The molecule has 0 saturated carbocycles. The Morgan fingerprint density at radius 2 is 1.83 bits per heavy atom. The molecule has 3 nitrogen and oxygen atoms in total. The first-order chi connectivity index (χ1) is 5.74. The van der Waals surface area contributed by atoms with Gasteiger partial charge in [0, 0.05) is 32.2 Å². The van der Waals surface area contributed by atoms with Gasteiger partial charge >= 0.3 is 0 Å². The van der Waals surface area contributed by atoms with E-state index in [9.17, 15) is 4.79 Å². The Hall–Kier alpha value is -0.410. The number of hydrogen-bond acceptors (Lipinski definition) is 3. The molecule has 1 aliphatic rings. The lowest BCUT2D eigenvalue weighted by molar-refractivity contribution is -0.109. The number of carbonyl (C=O) groups excluding carboxylic acids is 1. The molecule has 1 aliphatic heterocycles. The van der Waals surface area contributed by atoms with Gasteiger partial charge in [-0.15, -0.1) is 0 Å². The van der Waals surface area contributed by atoms with Crippen molar-refractivity contribution >= 4 is 6.29 Å². The van der Waals surface area contributed by atoms with Gasteiger partial charge in [0.2, 0.25) is 0 Å². The van der Waals surface area contributed by atoms with E-state index in [-0.39, 0.29) is 0 Å². The summed E-state index contributed by atoms with van der Waals surface area (Å²) < 4.78 is 0. The molecule has 0 aliphatic carbocycles. The van der Waals surface area contributed by atoms with Gasteiger partial charge in [-0.1, -0.05) is 0 Å². The van der Waals surface area contributed by atoms with E-state index in [1.807, 2.05) is 0 Å². The van der Waals surface area contributed by atoms with Crippen molar-refractivity contribution in [1.29, 1.82) is 0 Å². The maximum Gasteiger partial charge on any atom is 0.133 e. The largest absolute Gasteiger partial charge is 0.302 e. The molecule has 0 amide bonds. The van der Waals surface area contributed by atoms with E-state index in [4.69, 9.17) is 0 Å². The van der Waals surface area contributed by atoms with Crippen LogP contribution in [0.3, 0.4) is 0 Å². The summed E-state index contributed by atoms with van der Waals surface area (Å²) in [5, 5.41) is 0. The first kappa shape index (κ1) is 9.68. The zero-order valence-electron chi connectivity index (χ0n) is 7.99. The summed E-state index contributed by atoms with van der Waals surface area (Å²) in [4.78, 5) is 14.9. The molecule has 3 heteroatoms. The van der Waals surface area contributed by atoms with E-state index < -0.39 is 0 Å². The Labute approximate surface area is 74.3 Å². The second-order valence-corrected chi connectivity index (χ2v) is 3.60. The number of piperazine rings is 1. The molecular weight excluding hydrogens is 152 g/mol. The third-order valence-electron chi connectivity index (χ3n) is 2.47. The maximum absolute atomic E-state index is 10.2. The summed E-state index contributed by atoms with van der Waals surface area (Å²) >= 11 is 0. The number of aldehydes is 1. The fraction of sp³-hybridized carbons (Fsp3) is 0.889. The smallest absolute Gasteiger partial charge is 0.133 e. The van der Waals surface area contributed by atoms with Crippen molar-refractivity contribution in [2.45, 2.75) is 19.9 Å². The average Bonchev–Trinajstić information content (AvgIpc) is 2.06. The molecule has 1 rings (SSSR count). The molecule has 0 unspecified atom stereocenters. The van der Waals surface area contributed by atoms with Crippen LogP contribution in [0.15, 0.2) is 0 Å². The number of hydrogen-bond donors (Lipinski definition) is 0. The number of rotatable bonds is 3. The molecule has 1 fully saturated rings. The summed E-state index contributed by atoms with van der Waals surface area (Å²) in [6, 6.07) is 0.642. The van der Waals surface area contributed by atoms with Gasteiger partial charge in [-0.2, -0.15) is 0 Å². The summed E-state index contributed by atoms with van der Waals surface area (Å²) in [6.07, 6.45) is 0.991. The van der Waals surface area contributed by atoms with Crippen LogP contribution in [0.1, 0.15) is 13.8 Å². The van der Waals surface area contributed by atoms with Gasteiger partial charge in [0.25, 0.3) is 0 Å². The topological polar surface area (TPSA) is 23.6 Å². The van der Waals surface area contributed by atoms with Crippen LogP contribution < -0.4 is 0 Å². The van der Waals surface area contributed by atoms with Gasteiger partial charge in [0.15, 0.2) is 0 Å². The molecule has 0 aromatic heterocycles. The van der Waals surface area contributed by atoms with Crippen LogP contribution in [0.2, 0.25) is 0 Å². The lowest BCUT2D eigenvalue weighted by atomic mass is 10.2. The maximum atomic E-state index is 10.2. The van der Waals surface area contributed by atoms with Gasteiger partial charge in [-0.05, 0) is 13.8 Å². The Balaban J connectivity index is 2.24. The minimum atomic E-state index is 0.603. The highest BCUT2D eigenvalue weighted by Gasteiger charge is 2.17. The van der Waals surface area contributed by atoms with Crippen LogP contribution in [-0.2, 0) is 4.79 Å². The van der Waals surface area contributed by atoms with Crippen molar-refractivity contribution in [2.24, 2.45) is 0 Å². The zero-order chi connectivity index (χ0) is 8.97. The second kappa shape index (κ2) is 4.58. The van der Waals surface area contributed by atoms with E-state index in [0.717, 1.165) is 32.5 Å². The van der Waals surface area contributed by atoms with E-state index in [1.165, 1.54) is 0 Å². The lowest BCUT2D eigenvalue weighted by Crippen LogP contribution is -2.49. The van der Waals surface area contributed by atoms with Crippen molar-refractivity contribution in [2.75, 3.05) is 32.7 Å². The fourth-order valence-electron chi connectivity index (χ4n) is 1.57. The Morgan fingerprint density at radius 1 is 1.25 bits per heavy atom. The lowest BCUT2D eigenvalue weighted by Gasteiger charge is -2.35. The van der Waals surface area contributed by atoms with Gasteiger partial charge in [0.05, 0.1) is 6.54 Å². The molecule has 0 spiro atoms. The molecule has 0 N–H and O–H groups in total. The molecule has 0 bridgehead atoms. The third-order valence-corrected chi connectivity index (χ3v) is 2.47. The van der Waals surface area contributed by atoms with Crippen molar-refractivity contribution < 1.29 is 4.79 Å². The van der Waals surface area contributed by atoms with Gasteiger partial charge in [-0.3, -0.25) is 9.80 Å². The Kier molecular flexibility index (Phi) is 3.69. The monoisotopic (exact) mass is 170 g/mol. The summed E-state index contributed by atoms with van der Waals surface area (Å²) in [5.41, 5.74) is 0.